The molecule has 1 amide bonds. The summed E-state index contributed by atoms with van der Waals surface area (Å²) in [5.41, 5.74) is 7.70. The highest BCUT2D eigenvalue weighted by Crippen LogP contribution is 2.21. The summed E-state index contributed by atoms with van der Waals surface area (Å²) < 4.78 is 15.4. The molecule has 0 bridgehead atoms. The molecule has 0 atom stereocenters. The summed E-state index contributed by atoms with van der Waals surface area (Å²) in [5.74, 6) is 1.87. The first-order chi connectivity index (χ1) is 12.3. The van der Waals surface area contributed by atoms with Crippen LogP contribution in [0.4, 0.5) is 4.79 Å². The van der Waals surface area contributed by atoms with Gasteiger partial charge in [0.25, 0.3) is 5.82 Å². The number of hydrogen-bond donors (Lipinski definition) is 2. The van der Waals surface area contributed by atoms with Crippen LogP contribution < -0.4 is 20.4 Å². The quantitative estimate of drug-likeness (QED) is 0.584. The first-order valence-electron chi connectivity index (χ1n) is 9.15. The van der Waals surface area contributed by atoms with Crippen LogP contribution >= 0.6 is 0 Å². The van der Waals surface area contributed by atoms with Crippen molar-refractivity contribution >= 4 is 17.1 Å². The summed E-state index contributed by atoms with van der Waals surface area (Å²) in [5, 5.41) is 2.69. The van der Waals surface area contributed by atoms with Gasteiger partial charge < -0.3 is 20.5 Å². The van der Waals surface area contributed by atoms with Gasteiger partial charge >= 0.3 is 6.09 Å². The number of imidazole rings is 1. The number of rotatable bonds is 7. The van der Waals surface area contributed by atoms with E-state index in [-0.39, 0.29) is 0 Å². The molecule has 1 aromatic heterocycles. The third-order valence-corrected chi connectivity index (χ3v) is 4.01. The zero-order valence-electron chi connectivity index (χ0n) is 16.5. The molecule has 144 valence electrons. The van der Waals surface area contributed by atoms with E-state index in [0.29, 0.717) is 19.7 Å². The van der Waals surface area contributed by atoms with Gasteiger partial charge in [-0.3, -0.25) is 0 Å². The van der Waals surface area contributed by atoms with Crippen molar-refractivity contribution in [2.45, 2.75) is 59.9 Å². The maximum Gasteiger partial charge on any atom is 0.407 e. The largest absolute Gasteiger partial charge is 0.492 e. The van der Waals surface area contributed by atoms with E-state index in [1.807, 2.05) is 32.9 Å². The van der Waals surface area contributed by atoms with E-state index in [1.54, 1.807) is 0 Å². The number of alkyl carbamates (subject to hydrolysis) is 1. The summed E-state index contributed by atoms with van der Waals surface area (Å²) in [4.78, 5) is 11.6. The fraction of sp³-hybridized carbons (Fsp3) is 0.579. The monoisotopic (exact) mass is 363 g/mol. The van der Waals surface area contributed by atoms with E-state index < -0.39 is 11.7 Å². The molecule has 0 radical (unpaired) electrons. The van der Waals surface area contributed by atoms with Crippen molar-refractivity contribution in [3.8, 4) is 5.75 Å². The Morgan fingerprint density at radius 3 is 2.62 bits per heavy atom. The van der Waals surface area contributed by atoms with Gasteiger partial charge in [-0.1, -0.05) is 0 Å². The summed E-state index contributed by atoms with van der Waals surface area (Å²) in [6, 6.07) is 6.03. The predicted molar refractivity (Wildman–Crippen MR) is 101 cm³/mol. The highest BCUT2D eigenvalue weighted by molar-refractivity contribution is 5.74. The molecule has 0 unspecified atom stereocenters. The maximum absolute atomic E-state index is 11.6. The SMILES string of the molecule is CCn1c(CN)[n+](CC)c2ccc(OCCNC(=O)OC(C)(C)C)cc21. The number of carbonyl (C=O) groups is 1. The molecule has 3 N–H and O–H groups in total. The zero-order valence-corrected chi connectivity index (χ0v) is 16.5. The van der Waals surface area contributed by atoms with Crippen LogP contribution in [0, 0.1) is 0 Å². The smallest absolute Gasteiger partial charge is 0.407 e. The summed E-state index contributed by atoms with van der Waals surface area (Å²) in [6.07, 6.45) is -0.437. The number of fused-ring (bicyclic) bond motifs is 1. The molecule has 7 heteroatoms. The second-order valence-electron chi connectivity index (χ2n) is 7.04. The molecule has 1 heterocycles. The minimum Gasteiger partial charge on any atom is -0.492 e. The Hall–Kier alpha value is -2.28. The Bertz CT molecular complexity index is 762. The predicted octanol–water partition coefficient (Wildman–Crippen LogP) is 2.33. The number of hydrogen-bond acceptors (Lipinski definition) is 4. The normalized spacial score (nSPS) is 11.6. The molecule has 7 nitrogen and oxygen atoms in total. The molecule has 1 aromatic carbocycles. The van der Waals surface area contributed by atoms with Crippen LogP contribution in [0.3, 0.4) is 0 Å². The Morgan fingerprint density at radius 1 is 1.31 bits per heavy atom. The molecule has 2 rings (SSSR count). The summed E-state index contributed by atoms with van der Waals surface area (Å²) in [7, 11) is 0. The van der Waals surface area contributed by atoms with Gasteiger partial charge in [0, 0.05) is 6.07 Å². The first-order valence-corrected chi connectivity index (χ1v) is 9.15. The summed E-state index contributed by atoms with van der Waals surface area (Å²) >= 11 is 0. The topological polar surface area (TPSA) is 82.4 Å². The van der Waals surface area contributed by atoms with Crippen molar-refractivity contribution in [3.63, 3.8) is 0 Å². The van der Waals surface area contributed by atoms with Gasteiger partial charge in [0.15, 0.2) is 11.0 Å². The average Bonchev–Trinajstić information content (AvgIpc) is 2.88. The highest BCUT2D eigenvalue weighted by Gasteiger charge is 2.22. The zero-order chi connectivity index (χ0) is 19.3. The van der Waals surface area contributed by atoms with Crippen LogP contribution in [-0.4, -0.2) is 29.4 Å². The molecule has 0 aliphatic carbocycles. The lowest BCUT2D eigenvalue weighted by Crippen LogP contribution is -2.38. The second-order valence-corrected chi connectivity index (χ2v) is 7.04. The van der Waals surface area contributed by atoms with E-state index in [4.69, 9.17) is 15.2 Å². The molecular weight excluding hydrogens is 332 g/mol. The minimum absolute atomic E-state index is 0.370. The number of benzene rings is 1. The average molecular weight is 363 g/mol. The molecule has 0 fully saturated rings. The van der Waals surface area contributed by atoms with Crippen LogP contribution in [0.5, 0.6) is 5.75 Å². The molecule has 0 aliphatic heterocycles. The van der Waals surface area contributed by atoms with Crippen LogP contribution in [-0.2, 0) is 24.4 Å². The van der Waals surface area contributed by atoms with Gasteiger partial charge in [-0.15, -0.1) is 0 Å². The van der Waals surface area contributed by atoms with Gasteiger partial charge in [0.05, 0.1) is 26.2 Å². The van der Waals surface area contributed by atoms with Crippen molar-refractivity contribution in [1.82, 2.24) is 9.88 Å². The van der Waals surface area contributed by atoms with Gasteiger partial charge in [0.2, 0.25) is 0 Å². The lowest BCUT2D eigenvalue weighted by atomic mass is 10.2. The number of nitrogens with two attached hydrogens (primary N) is 1. The lowest BCUT2D eigenvalue weighted by molar-refractivity contribution is -0.676. The van der Waals surface area contributed by atoms with E-state index in [2.05, 4.69) is 34.4 Å². The van der Waals surface area contributed by atoms with Crippen LogP contribution in [0.2, 0.25) is 0 Å². The van der Waals surface area contributed by atoms with Crippen LogP contribution in [0.25, 0.3) is 11.0 Å². The molecular formula is C19H31N4O3+. The van der Waals surface area contributed by atoms with Gasteiger partial charge in [-0.05, 0) is 46.8 Å². The van der Waals surface area contributed by atoms with Crippen molar-refractivity contribution in [1.29, 1.82) is 0 Å². The molecule has 0 spiro atoms. The van der Waals surface area contributed by atoms with Crippen LogP contribution in [0.1, 0.15) is 40.4 Å². The first kappa shape index (κ1) is 20.0. The Labute approximate surface area is 155 Å². The number of aromatic nitrogens is 2. The molecule has 0 aliphatic rings. The van der Waals surface area contributed by atoms with Gasteiger partial charge in [-0.2, -0.15) is 0 Å². The molecule has 26 heavy (non-hydrogen) atoms. The van der Waals surface area contributed by atoms with E-state index in [1.165, 1.54) is 0 Å². The number of amides is 1. The summed E-state index contributed by atoms with van der Waals surface area (Å²) in [6.45, 7) is 12.7. The highest BCUT2D eigenvalue weighted by atomic mass is 16.6. The Morgan fingerprint density at radius 2 is 2.04 bits per heavy atom. The number of nitrogens with one attached hydrogen (secondary N) is 1. The van der Waals surface area contributed by atoms with Crippen molar-refractivity contribution in [2.75, 3.05) is 13.2 Å². The van der Waals surface area contributed by atoms with Crippen molar-refractivity contribution in [2.24, 2.45) is 5.73 Å². The number of ether oxygens (including phenoxy) is 2. The van der Waals surface area contributed by atoms with Crippen LogP contribution in [0.15, 0.2) is 18.2 Å². The number of carbonyl (C=O) groups excluding carboxylic acids is 1. The molecule has 0 saturated carbocycles. The van der Waals surface area contributed by atoms with Gasteiger partial charge in [0.1, 0.15) is 18.0 Å². The Kier molecular flexibility index (Phi) is 6.47. The van der Waals surface area contributed by atoms with E-state index >= 15 is 0 Å². The molecule has 2 aromatic rings. The third kappa shape index (κ3) is 4.66. The fourth-order valence-corrected chi connectivity index (χ4v) is 3.02. The number of aryl methyl sites for hydroxylation is 2. The van der Waals surface area contributed by atoms with Gasteiger partial charge in [-0.25, -0.2) is 13.9 Å². The lowest BCUT2D eigenvalue weighted by Gasteiger charge is -2.19. The second kappa shape index (κ2) is 8.40. The van der Waals surface area contributed by atoms with E-state index in [9.17, 15) is 4.79 Å². The Balaban J connectivity index is 2.04. The number of nitrogens with zero attached hydrogens (tertiary/aromatic N) is 2. The van der Waals surface area contributed by atoms with Crippen molar-refractivity contribution < 1.29 is 18.8 Å². The molecule has 0 saturated heterocycles. The maximum atomic E-state index is 11.6. The fourth-order valence-electron chi connectivity index (χ4n) is 3.02. The van der Waals surface area contributed by atoms with E-state index in [0.717, 1.165) is 35.7 Å². The third-order valence-electron chi connectivity index (χ3n) is 4.01. The minimum atomic E-state index is -0.503. The van der Waals surface area contributed by atoms with Crippen molar-refractivity contribution in [3.05, 3.63) is 24.0 Å². The standard InChI is InChI=1S/C19H30N4O3/c1-6-22-15-9-8-14(12-16(15)23(7-2)17(22)13-20)25-11-10-21-18(24)26-19(3,4)5/h8-9,12H,6-7,10-11,13,20H2,1-5H3/p+1.